The van der Waals surface area contributed by atoms with E-state index in [0.29, 0.717) is 23.9 Å². The Kier molecular flexibility index (Phi) is 7.90. The largest absolute Gasteiger partial charge is 0.507 e. The van der Waals surface area contributed by atoms with Crippen molar-refractivity contribution in [3.63, 3.8) is 0 Å². The third-order valence-electron chi connectivity index (χ3n) is 4.40. The van der Waals surface area contributed by atoms with E-state index in [4.69, 9.17) is 14.6 Å². The Morgan fingerprint density at radius 3 is 2.27 bits per heavy atom. The van der Waals surface area contributed by atoms with Crippen LogP contribution in [0.2, 0.25) is 0 Å². The molecule has 0 saturated heterocycles. The highest BCUT2D eigenvalue weighted by Crippen LogP contribution is 2.26. The van der Waals surface area contributed by atoms with Gasteiger partial charge in [0.15, 0.2) is 0 Å². The summed E-state index contributed by atoms with van der Waals surface area (Å²) in [7, 11) is 0. The molecule has 0 aliphatic rings. The van der Waals surface area contributed by atoms with Crippen LogP contribution in [0.5, 0.6) is 5.75 Å². The number of phenolic OH excluding ortho intramolecular Hbond substituents is 1. The van der Waals surface area contributed by atoms with Crippen molar-refractivity contribution >= 4 is 28.9 Å². The first kappa shape index (κ1) is 22.8. The summed E-state index contributed by atoms with van der Waals surface area (Å²) in [5.41, 5.74) is 0.0569. The molecule has 5 N–H and O–H groups in total. The molecule has 30 heavy (non-hydrogen) atoms. The average Bonchev–Trinajstić information content (AvgIpc) is 2.64. The van der Waals surface area contributed by atoms with Gasteiger partial charge in [-0.1, -0.05) is 0 Å². The number of hydrogen-bond donors (Lipinski definition) is 5. The van der Waals surface area contributed by atoms with Crippen molar-refractivity contribution in [2.75, 3.05) is 19.6 Å². The second-order valence-corrected chi connectivity index (χ2v) is 6.60. The monoisotopic (exact) mass is 422 g/mol. The fourth-order valence-corrected chi connectivity index (χ4v) is 3.07. The van der Waals surface area contributed by atoms with Gasteiger partial charge in [-0.25, -0.2) is 4.79 Å². The number of nitrogens with zero attached hydrogens (tertiary/aromatic N) is 1. The van der Waals surface area contributed by atoms with Gasteiger partial charge >= 0.3 is 23.5 Å². The van der Waals surface area contributed by atoms with Gasteiger partial charge in [-0.05, 0) is 37.6 Å². The Hall–Kier alpha value is -3.44. The van der Waals surface area contributed by atoms with E-state index in [2.05, 4.69) is 5.32 Å². The highest BCUT2D eigenvalue weighted by Gasteiger charge is 2.28. The summed E-state index contributed by atoms with van der Waals surface area (Å²) in [6.07, 6.45) is 0.307. The summed E-state index contributed by atoms with van der Waals surface area (Å²) >= 11 is 0. The lowest BCUT2D eigenvalue weighted by atomic mass is 10.1. The zero-order chi connectivity index (χ0) is 22.3. The third kappa shape index (κ3) is 6.29. The first-order valence-electron chi connectivity index (χ1n) is 9.05. The van der Waals surface area contributed by atoms with Crippen molar-refractivity contribution in [2.24, 2.45) is 0 Å². The topological polar surface area (TPSA) is 178 Å². The van der Waals surface area contributed by atoms with Gasteiger partial charge in [-0.2, -0.15) is 0 Å². The fraction of sp³-hybridized carbons (Fsp3) is 0.368. The molecule has 0 aliphatic heterocycles. The Bertz CT molecular complexity index is 970. The summed E-state index contributed by atoms with van der Waals surface area (Å²) in [4.78, 5) is 45.7. The summed E-state index contributed by atoms with van der Waals surface area (Å²) in [5, 5.41) is 40.9. The maximum absolute atomic E-state index is 11.5. The maximum Gasteiger partial charge on any atom is 0.336 e. The van der Waals surface area contributed by atoms with E-state index in [1.807, 2.05) is 0 Å². The van der Waals surface area contributed by atoms with Crippen LogP contribution in [0.4, 0.5) is 0 Å². The number of benzene rings is 1. The molecular formula is C19H22N2O9. The molecule has 0 radical (unpaired) electrons. The standard InChI is InChI=1S/C19H22N2O9/c22-14-5-3-11-4-6-17(27)30-18(11)12(14)8-20-7-1-2-13(19(28)29)21(9-15(23)24)10-16(25)26/h3-6,13,20,22H,1-2,7-10H2,(H,23,24)(H,25,26)(H,28,29). The van der Waals surface area contributed by atoms with E-state index < -0.39 is 42.7 Å². The minimum atomic E-state index is -1.33. The van der Waals surface area contributed by atoms with Crippen LogP contribution in [-0.4, -0.2) is 68.9 Å². The number of hydrogen-bond acceptors (Lipinski definition) is 8. The summed E-state index contributed by atoms with van der Waals surface area (Å²) in [6, 6.07) is 4.63. The van der Waals surface area contributed by atoms with Crippen LogP contribution in [0.15, 0.2) is 33.5 Å². The van der Waals surface area contributed by atoms with Crippen LogP contribution in [0.1, 0.15) is 18.4 Å². The van der Waals surface area contributed by atoms with Gasteiger partial charge in [0.05, 0.1) is 18.7 Å². The zero-order valence-corrected chi connectivity index (χ0v) is 15.9. The normalized spacial score (nSPS) is 12.2. The molecule has 0 fully saturated rings. The van der Waals surface area contributed by atoms with Crippen molar-refractivity contribution in [3.05, 3.63) is 40.2 Å². The lowest BCUT2D eigenvalue weighted by Gasteiger charge is -2.25. The van der Waals surface area contributed by atoms with Crippen molar-refractivity contribution in [3.8, 4) is 5.75 Å². The zero-order valence-electron chi connectivity index (χ0n) is 15.9. The smallest absolute Gasteiger partial charge is 0.336 e. The Balaban J connectivity index is 1.98. The van der Waals surface area contributed by atoms with Gasteiger partial charge in [0.25, 0.3) is 0 Å². The predicted octanol–water partition coefficient (Wildman–Crippen LogP) is 0.293. The number of fused-ring (bicyclic) bond motifs is 1. The van der Waals surface area contributed by atoms with Crippen molar-refractivity contribution in [1.82, 2.24) is 10.2 Å². The van der Waals surface area contributed by atoms with Crippen LogP contribution < -0.4 is 10.9 Å². The van der Waals surface area contributed by atoms with E-state index in [9.17, 15) is 29.4 Å². The van der Waals surface area contributed by atoms with Crippen molar-refractivity contribution in [2.45, 2.75) is 25.4 Å². The van der Waals surface area contributed by atoms with Crippen LogP contribution >= 0.6 is 0 Å². The fourth-order valence-electron chi connectivity index (χ4n) is 3.07. The third-order valence-corrected chi connectivity index (χ3v) is 4.40. The molecule has 11 heteroatoms. The minimum absolute atomic E-state index is 0.0134. The number of carbonyl (C=O) groups is 3. The molecule has 1 heterocycles. The first-order chi connectivity index (χ1) is 14.2. The number of aliphatic carboxylic acids is 3. The van der Waals surface area contributed by atoms with E-state index in [1.165, 1.54) is 12.1 Å². The number of phenols is 1. The van der Waals surface area contributed by atoms with Crippen LogP contribution in [0, 0.1) is 0 Å². The van der Waals surface area contributed by atoms with Crippen molar-refractivity contribution < 1.29 is 39.2 Å². The quantitative estimate of drug-likeness (QED) is 0.234. The minimum Gasteiger partial charge on any atom is -0.507 e. The SMILES string of the molecule is O=C(O)CN(CC(=O)O)C(CCCNCc1c(O)ccc2ccc(=O)oc12)C(=O)O. The van der Waals surface area contributed by atoms with Gasteiger partial charge < -0.3 is 30.2 Å². The number of aromatic hydroxyl groups is 1. The molecule has 162 valence electrons. The van der Waals surface area contributed by atoms with Gasteiger partial charge in [-0.3, -0.25) is 19.3 Å². The Morgan fingerprint density at radius 1 is 1.03 bits per heavy atom. The average molecular weight is 422 g/mol. The van der Waals surface area contributed by atoms with E-state index >= 15 is 0 Å². The van der Waals surface area contributed by atoms with Gasteiger partial charge in [0, 0.05) is 18.0 Å². The molecule has 2 aromatic rings. The van der Waals surface area contributed by atoms with Gasteiger partial charge in [0.2, 0.25) is 0 Å². The van der Waals surface area contributed by atoms with Crippen molar-refractivity contribution in [1.29, 1.82) is 0 Å². The van der Waals surface area contributed by atoms with Gasteiger partial charge in [0.1, 0.15) is 17.4 Å². The van der Waals surface area contributed by atoms with E-state index in [-0.39, 0.29) is 24.3 Å². The molecule has 11 nitrogen and oxygen atoms in total. The Morgan fingerprint density at radius 2 is 1.67 bits per heavy atom. The lowest BCUT2D eigenvalue weighted by Crippen LogP contribution is -2.46. The molecule has 0 spiro atoms. The molecular weight excluding hydrogens is 400 g/mol. The lowest BCUT2D eigenvalue weighted by molar-refractivity contribution is -0.149. The molecule has 1 unspecified atom stereocenters. The Labute approximate surface area is 170 Å². The van der Waals surface area contributed by atoms with Crippen LogP contribution in [0.25, 0.3) is 11.0 Å². The maximum atomic E-state index is 11.5. The molecule has 2 rings (SSSR count). The molecule has 0 saturated carbocycles. The number of rotatable bonds is 12. The number of nitrogens with one attached hydrogen (secondary N) is 1. The second kappa shape index (κ2) is 10.4. The summed E-state index contributed by atoms with van der Waals surface area (Å²) < 4.78 is 5.15. The molecule has 1 aromatic carbocycles. The van der Waals surface area contributed by atoms with Crippen LogP contribution in [-0.2, 0) is 20.9 Å². The molecule has 0 bridgehead atoms. The molecule has 0 amide bonds. The molecule has 1 atom stereocenters. The van der Waals surface area contributed by atoms with E-state index in [1.54, 1.807) is 12.1 Å². The highest BCUT2D eigenvalue weighted by molar-refractivity contribution is 5.82. The second-order valence-electron chi connectivity index (χ2n) is 6.60. The first-order valence-corrected chi connectivity index (χ1v) is 9.05. The van der Waals surface area contributed by atoms with Gasteiger partial charge in [-0.15, -0.1) is 0 Å². The summed E-state index contributed by atoms with van der Waals surface area (Å²) in [5.74, 6) is -4.03. The highest BCUT2D eigenvalue weighted by atomic mass is 16.4. The predicted molar refractivity (Wildman–Crippen MR) is 103 cm³/mol. The molecule has 1 aromatic heterocycles. The number of carboxylic acids is 3. The summed E-state index contributed by atoms with van der Waals surface area (Å²) in [6.45, 7) is -0.980. The molecule has 0 aliphatic carbocycles. The van der Waals surface area contributed by atoms with Crippen LogP contribution in [0.3, 0.4) is 0 Å². The number of carboxylic acid groups (broad SMARTS) is 3. The van der Waals surface area contributed by atoms with E-state index in [0.717, 1.165) is 4.90 Å².